The molecule has 0 aliphatic carbocycles. The quantitative estimate of drug-likeness (QED) is 0.361. The van der Waals surface area contributed by atoms with Gasteiger partial charge in [0.1, 0.15) is 5.75 Å². The molecule has 164 valence electrons. The molecule has 1 heterocycles. The molecule has 0 saturated heterocycles. The Morgan fingerprint density at radius 3 is 2.55 bits per heavy atom. The van der Waals surface area contributed by atoms with E-state index in [0.29, 0.717) is 37.3 Å². The van der Waals surface area contributed by atoms with E-state index in [1.54, 1.807) is 12.0 Å². The Balaban J connectivity index is 1.64. The number of aromatic nitrogens is 3. The van der Waals surface area contributed by atoms with Crippen LogP contribution in [-0.2, 0) is 16.1 Å². The minimum Gasteiger partial charge on any atom is -0.494 e. The zero-order valence-corrected chi connectivity index (χ0v) is 18.5. The normalized spacial score (nSPS) is 10.8. The number of nitrogens with zero attached hydrogens (tertiary/aromatic N) is 4. The Morgan fingerprint density at radius 2 is 1.87 bits per heavy atom. The van der Waals surface area contributed by atoms with E-state index < -0.39 is 0 Å². The number of ether oxygens (including phenoxy) is 2. The van der Waals surface area contributed by atoms with E-state index in [4.69, 9.17) is 15.3 Å². The molecule has 2 N–H and O–H groups in total. The average molecular weight is 442 g/mol. The van der Waals surface area contributed by atoms with Crippen LogP contribution in [0.2, 0.25) is 0 Å². The molecule has 0 radical (unpaired) electrons. The summed E-state index contributed by atoms with van der Waals surface area (Å²) in [5, 5.41) is 8.81. The summed E-state index contributed by atoms with van der Waals surface area (Å²) in [6.07, 6.45) is 0. The van der Waals surface area contributed by atoms with Gasteiger partial charge in [0, 0.05) is 25.8 Å². The molecule has 31 heavy (non-hydrogen) atoms. The van der Waals surface area contributed by atoms with E-state index >= 15 is 0 Å². The van der Waals surface area contributed by atoms with Crippen molar-refractivity contribution in [1.29, 1.82) is 0 Å². The molecule has 0 unspecified atom stereocenters. The molecular weight excluding hydrogens is 414 g/mol. The predicted octanol–water partition coefficient (Wildman–Crippen LogP) is 2.82. The minimum atomic E-state index is -0.0171. The average Bonchev–Trinajstić information content (AvgIpc) is 3.16. The molecule has 1 aromatic heterocycles. The van der Waals surface area contributed by atoms with Gasteiger partial charge in [-0.2, -0.15) is 0 Å². The van der Waals surface area contributed by atoms with Crippen molar-refractivity contribution in [3.05, 3.63) is 60.2 Å². The van der Waals surface area contributed by atoms with Crippen molar-refractivity contribution in [1.82, 2.24) is 19.8 Å². The van der Waals surface area contributed by atoms with Gasteiger partial charge in [0.05, 0.1) is 19.0 Å². The number of benzene rings is 2. The number of nitrogen functional groups attached to an aromatic ring is 1. The second-order valence-corrected chi connectivity index (χ2v) is 7.66. The van der Waals surface area contributed by atoms with Gasteiger partial charge < -0.3 is 20.2 Å². The topological polar surface area (TPSA) is 95.5 Å². The number of methoxy groups -OCH3 is 1. The molecule has 0 saturated carbocycles. The van der Waals surface area contributed by atoms with Gasteiger partial charge in [0.2, 0.25) is 11.1 Å². The summed E-state index contributed by atoms with van der Waals surface area (Å²) in [5.41, 5.74) is 1.89. The molecule has 2 aromatic carbocycles. The summed E-state index contributed by atoms with van der Waals surface area (Å²) in [6, 6.07) is 17.4. The Kier molecular flexibility index (Phi) is 8.31. The number of rotatable bonds is 11. The van der Waals surface area contributed by atoms with Crippen molar-refractivity contribution in [3.63, 3.8) is 0 Å². The summed E-state index contributed by atoms with van der Waals surface area (Å²) in [7, 11) is 1.62. The second-order valence-electron chi connectivity index (χ2n) is 6.72. The fourth-order valence-electron chi connectivity index (χ4n) is 2.95. The van der Waals surface area contributed by atoms with Crippen LogP contribution in [0.1, 0.15) is 12.5 Å². The maximum absolute atomic E-state index is 12.9. The smallest absolute Gasteiger partial charge is 0.233 e. The first-order valence-electron chi connectivity index (χ1n) is 9.99. The fraction of sp³-hybridized carbons (Fsp3) is 0.318. The van der Waals surface area contributed by atoms with Crippen molar-refractivity contribution in [2.45, 2.75) is 18.6 Å². The van der Waals surface area contributed by atoms with Gasteiger partial charge in [-0.05, 0) is 36.8 Å². The Hall–Kier alpha value is -3.04. The van der Waals surface area contributed by atoms with Gasteiger partial charge in [-0.25, -0.2) is 4.68 Å². The molecule has 0 fully saturated rings. The van der Waals surface area contributed by atoms with Crippen LogP contribution >= 0.6 is 11.8 Å². The molecular formula is C22H27N5O3S. The largest absolute Gasteiger partial charge is 0.494 e. The summed E-state index contributed by atoms with van der Waals surface area (Å²) < 4.78 is 12.0. The number of hydrogen-bond donors (Lipinski definition) is 1. The van der Waals surface area contributed by atoms with Gasteiger partial charge in [-0.3, -0.25) is 4.79 Å². The molecule has 1 amide bonds. The molecule has 9 heteroatoms. The number of carbonyl (C=O) groups excluding carboxylic acids is 1. The highest BCUT2D eigenvalue weighted by atomic mass is 32.2. The highest BCUT2D eigenvalue weighted by Gasteiger charge is 2.18. The van der Waals surface area contributed by atoms with Crippen LogP contribution in [0.4, 0.5) is 0 Å². The second kappa shape index (κ2) is 11.4. The SMILES string of the molecule is CCOc1ccc(-c2nnc(SCC(=O)N(CCOC)Cc3ccccc3)n2N)cc1. The molecule has 0 aliphatic rings. The highest BCUT2D eigenvalue weighted by Crippen LogP contribution is 2.24. The lowest BCUT2D eigenvalue weighted by atomic mass is 10.2. The van der Waals surface area contributed by atoms with Crippen LogP contribution in [0.25, 0.3) is 11.4 Å². The standard InChI is InChI=1S/C22H27N5O3S/c1-3-30-19-11-9-18(10-12-19)21-24-25-22(27(21)23)31-16-20(28)26(13-14-29-2)15-17-7-5-4-6-8-17/h4-12H,3,13-16,23H2,1-2H3. The summed E-state index contributed by atoms with van der Waals surface area (Å²) >= 11 is 1.26. The minimum absolute atomic E-state index is 0.0171. The van der Waals surface area contributed by atoms with Crippen LogP contribution in [0.3, 0.4) is 0 Å². The highest BCUT2D eigenvalue weighted by molar-refractivity contribution is 7.99. The van der Waals surface area contributed by atoms with E-state index in [0.717, 1.165) is 16.9 Å². The third-order valence-corrected chi connectivity index (χ3v) is 5.47. The van der Waals surface area contributed by atoms with Gasteiger partial charge in [0.25, 0.3) is 0 Å². The first-order valence-corrected chi connectivity index (χ1v) is 11.0. The van der Waals surface area contributed by atoms with E-state index in [1.165, 1.54) is 16.4 Å². The molecule has 3 rings (SSSR count). The Bertz CT molecular complexity index is 963. The van der Waals surface area contributed by atoms with E-state index in [1.807, 2.05) is 61.5 Å². The van der Waals surface area contributed by atoms with Crippen LogP contribution in [-0.4, -0.2) is 58.3 Å². The third-order valence-electron chi connectivity index (χ3n) is 4.55. The lowest BCUT2D eigenvalue weighted by molar-refractivity contribution is -0.129. The number of hydrogen-bond acceptors (Lipinski definition) is 7. The lowest BCUT2D eigenvalue weighted by Crippen LogP contribution is -2.34. The van der Waals surface area contributed by atoms with E-state index in [2.05, 4.69) is 10.2 Å². The van der Waals surface area contributed by atoms with E-state index in [-0.39, 0.29) is 11.7 Å². The number of carbonyl (C=O) groups is 1. The van der Waals surface area contributed by atoms with Crippen molar-refractivity contribution >= 4 is 17.7 Å². The molecule has 0 aliphatic heterocycles. The zero-order chi connectivity index (χ0) is 22.1. The van der Waals surface area contributed by atoms with Crippen LogP contribution in [0, 0.1) is 0 Å². The van der Waals surface area contributed by atoms with Crippen molar-refractivity contribution in [2.75, 3.05) is 38.5 Å². The number of thioether (sulfide) groups is 1. The molecule has 3 aromatic rings. The first kappa shape index (κ1) is 22.6. The van der Waals surface area contributed by atoms with Crippen LogP contribution in [0.5, 0.6) is 5.75 Å². The number of amides is 1. The fourth-order valence-corrected chi connectivity index (χ4v) is 3.71. The Morgan fingerprint density at radius 1 is 1.13 bits per heavy atom. The van der Waals surface area contributed by atoms with Crippen LogP contribution < -0.4 is 10.6 Å². The van der Waals surface area contributed by atoms with Crippen molar-refractivity contribution in [2.24, 2.45) is 0 Å². The van der Waals surface area contributed by atoms with Gasteiger partial charge in [-0.1, -0.05) is 42.1 Å². The maximum Gasteiger partial charge on any atom is 0.233 e. The predicted molar refractivity (Wildman–Crippen MR) is 121 cm³/mol. The molecule has 0 atom stereocenters. The molecule has 0 spiro atoms. The monoisotopic (exact) mass is 441 g/mol. The molecule has 8 nitrogen and oxygen atoms in total. The summed E-state index contributed by atoms with van der Waals surface area (Å²) in [4.78, 5) is 14.6. The number of nitrogens with two attached hydrogens (primary N) is 1. The van der Waals surface area contributed by atoms with Crippen LogP contribution in [0.15, 0.2) is 59.8 Å². The van der Waals surface area contributed by atoms with Gasteiger partial charge in [-0.15, -0.1) is 10.2 Å². The summed E-state index contributed by atoms with van der Waals surface area (Å²) in [5.74, 6) is 7.69. The van der Waals surface area contributed by atoms with Crippen molar-refractivity contribution < 1.29 is 14.3 Å². The maximum atomic E-state index is 12.9. The third kappa shape index (κ3) is 6.22. The summed E-state index contributed by atoms with van der Waals surface area (Å²) in [6.45, 7) is 4.05. The lowest BCUT2D eigenvalue weighted by Gasteiger charge is -2.22. The van der Waals surface area contributed by atoms with Gasteiger partial charge >= 0.3 is 0 Å². The first-order chi connectivity index (χ1) is 15.1. The Labute approximate surface area is 186 Å². The zero-order valence-electron chi connectivity index (χ0n) is 17.7. The van der Waals surface area contributed by atoms with Crippen molar-refractivity contribution in [3.8, 4) is 17.1 Å². The van der Waals surface area contributed by atoms with Gasteiger partial charge in [0.15, 0.2) is 5.82 Å². The molecule has 0 bridgehead atoms. The van der Waals surface area contributed by atoms with E-state index in [9.17, 15) is 4.79 Å².